The van der Waals surface area contributed by atoms with Crippen LogP contribution in [0.15, 0.2) is 24.3 Å². The molecular formula is C17H27N3O4. The number of ether oxygens (including phenoxy) is 2. The molecule has 7 heteroatoms. The molecule has 0 radical (unpaired) electrons. The maximum absolute atomic E-state index is 10.8. The lowest BCUT2D eigenvalue weighted by atomic mass is 10.2. The summed E-state index contributed by atoms with van der Waals surface area (Å²) in [6.45, 7) is 6.24. The van der Waals surface area contributed by atoms with Gasteiger partial charge in [0, 0.05) is 59.1 Å². The number of hydrogen-bond donors (Lipinski definition) is 1. The van der Waals surface area contributed by atoms with E-state index in [1.165, 1.54) is 10.6 Å². The molecule has 0 bridgehead atoms. The van der Waals surface area contributed by atoms with Gasteiger partial charge in [0.1, 0.15) is 12.4 Å². The van der Waals surface area contributed by atoms with Crippen molar-refractivity contribution in [1.29, 1.82) is 0 Å². The van der Waals surface area contributed by atoms with Gasteiger partial charge in [0.25, 0.3) is 0 Å². The van der Waals surface area contributed by atoms with Crippen LogP contribution in [0.1, 0.15) is 0 Å². The van der Waals surface area contributed by atoms with Crippen molar-refractivity contribution in [3.63, 3.8) is 0 Å². The molecule has 1 saturated heterocycles. The molecule has 1 aliphatic rings. The molecule has 1 N–H and O–H groups in total. The van der Waals surface area contributed by atoms with Crippen LogP contribution in [0.25, 0.3) is 0 Å². The molecule has 0 saturated carbocycles. The predicted molar refractivity (Wildman–Crippen MR) is 93.1 cm³/mol. The Morgan fingerprint density at radius 2 is 1.83 bits per heavy atom. The third kappa shape index (κ3) is 5.58. The summed E-state index contributed by atoms with van der Waals surface area (Å²) in [5, 5.41) is 8.87. The largest absolute Gasteiger partial charge is 0.491 e. The van der Waals surface area contributed by atoms with Gasteiger partial charge in [-0.3, -0.25) is 4.90 Å². The average Bonchev–Trinajstić information content (AvgIpc) is 2.61. The summed E-state index contributed by atoms with van der Waals surface area (Å²) in [7, 11) is 3.26. The molecule has 1 aromatic rings. The van der Waals surface area contributed by atoms with E-state index in [1.807, 2.05) is 12.1 Å². The molecule has 0 atom stereocenters. The van der Waals surface area contributed by atoms with Gasteiger partial charge in [0.2, 0.25) is 0 Å². The van der Waals surface area contributed by atoms with Gasteiger partial charge in [-0.05, 0) is 24.3 Å². The third-order valence-electron chi connectivity index (χ3n) is 4.21. The van der Waals surface area contributed by atoms with E-state index >= 15 is 0 Å². The Hall–Kier alpha value is -1.99. The van der Waals surface area contributed by atoms with E-state index in [0.717, 1.165) is 38.5 Å². The van der Waals surface area contributed by atoms with Crippen molar-refractivity contribution in [2.75, 3.05) is 71.5 Å². The van der Waals surface area contributed by atoms with E-state index in [0.29, 0.717) is 19.8 Å². The van der Waals surface area contributed by atoms with E-state index in [9.17, 15) is 4.79 Å². The Morgan fingerprint density at radius 1 is 1.17 bits per heavy atom. The van der Waals surface area contributed by atoms with Gasteiger partial charge in [-0.25, -0.2) is 4.79 Å². The lowest BCUT2D eigenvalue weighted by Crippen LogP contribution is -2.48. The Labute approximate surface area is 143 Å². The number of piperazine rings is 1. The topological polar surface area (TPSA) is 65.5 Å². The van der Waals surface area contributed by atoms with E-state index in [1.54, 1.807) is 14.2 Å². The van der Waals surface area contributed by atoms with Gasteiger partial charge in [-0.1, -0.05) is 0 Å². The molecule has 7 nitrogen and oxygen atoms in total. The first kappa shape index (κ1) is 18.4. The Morgan fingerprint density at radius 3 is 2.42 bits per heavy atom. The quantitative estimate of drug-likeness (QED) is 0.724. The lowest BCUT2D eigenvalue weighted by molar-refractivity contribution is 0.146. The van der Waals surface area contributed by atoms with Crippen molar-refractivity contribution < 1.29 is 19.4 Å². The minimum Gasteiger partial charge on any atom is -0.491 e. The first-order valence-corrected chi connectivity index (χ1v) is 8.23. The standard InChI is InChI=1S/C17H27N3O4/c1-18(17(21)22)7-8-19-9-11-20(12-10-19)15-3-5-16(6-4-15)24-14-13-23-2/h3-6H,7-14H2,1-2H3,(H,21,22). The van der Waals surface area contributed by atoms with Crippen LogP contribution >= 0.6 is 0 Å². The van der Waals surface area contributed by atoms with Crippen LogP contribution in [-0.4, -0.2) is 87.6 Å². The molecule has 1 aromatic carbocycles. The van der Waals surface area contributed by atoms with E-state index < -0.39 is 6.09 Å². The number of rotatable bonds is 8. The molecule has 0 aliphatic carbocycles. The monoisotopic (exact) mass is 337 g/mol. The SMILES string of the molecule is COCCOc1ccc(N2CCN(CCN(C)C(=O)O)CC2)cc1. The summed E-state index contributed by atoms with van der Waals surface area (Å²) < 4.78 is 10.5. The molecule has 0 aromatic heterocycles. The highest BCUT2D eigenvalue weighted by atomic mass is 16.5. The summed E-state index contributed by atoms with van der Waals surface area (Å²) >= 11 is 0. The van der Waals surface area contributed by atoms with Crippen molar-refractivity contribution in [2.45, 2.75) is 0 Å². The third-order valence-corrected chi connectivity index (χ3v) is 4.21. The van der Waals surface area contributed by atoms with Crippen LogP contribution in [0.3, 0.4) is 0 Å². The number of carbonyl (C=O) groups is 1. The van der Waals surface area contributed by atoms with Crippen LogP contribution in [0.5, 0.6) is 5.75 Å². The minimum atomic E-state index is -0.874. The second-order valence-electron chi connectivity index (χ2n) is 5.87. The lowest BCUT2D eigenvalue weighted by Gasteiger charge is -2.36. The van der Waals surface area contributed by atoms with Gasteiger partial charge in [-0.2, -0.15) is 0 Å². The predicted octanol–water partition coefficient (Wildman–Crippen LogP) is 1.44. The maximum Gasteiger partial charge on any atom is 0.407 e. The zero-order valence-electron chi connectivity index (χ0n) is 14.5. The molecule has 1 heterocycles. The molecule has 0 unspecified atom stereocenters. The summed E-state index contributed by atoms with van der Waals surface area (Å²) in [6, 6.07) is 8.13. The van der Waals surface area contributed by atoms with Crippen LogP contribution in [-0.2, 0) is 4.74 Å². The highest BCUT2D eigenvalue weighted by Crippen LogP contribution is 2.20. The molecule has 24 heavy (non-hydrogen) atoms. The minimum absolute atomic E-state index is 0.544. The Kier molecular flexibility index (Phi) is 7.14. The van der Waals surface area contributed by atoms with Crippen LogP contribution in [0.4, 0.5) is 10.5 Å². The van der Waals surface area contributed by atoms with Gasteiger partial charge in [0.15, 0.2) is 0 Å². The summed E-state index contributed by atoms with van der Waals surface area (Å²) in [4.78, 5) is 16.8. The number of benzene rings is 1. The van der Waals surface area contributed by atoms with Gasteiger partial charge < -0.3 is 24.4 Å². The number of likely N-dealkylation sites (N-methyl/N-ethyl adjacent to an activating group) is 1. The molecule has 2 rings (SSSR count). The van der Waals surface area contributed by atoms with Gasteiger partial charge >= 0.3 is 6.09 Å². The fraction of sp³-hybridized carbons (Fsp3) is 0.588. The zero-order chi connectivity index (χ0) is 17.4. The number of carboxylic acid groups (broad SMARTS) is 1. The first-order chi connectivity index (χ1) is 11.6. The Balaban J connectivity index is 1.74. The van der Waals surface area contributed by atoms with Gasteiger partial charge in [0.05, 0.1) is 6.61 Å². The van der Waals surface area contributed by atoms with Gasteiger partial charge in [-0.15, -0.1) is 0 Å². The number of hydrogen-bond acceptors (Lipinski definition) is 5. The molecular weight excluding hydrogens is 310 g/mol. The molecule has 1 fully saturated rings. The fourth-order valence-corrected chi connectivity index (χ4v) is 2.61. The number of methoxy groups -OCH3 is 1. The van der Waals surface area contributed by atoms with Crippen molar-refractivity contribution in [1.82, 2.24) is 9.80 Å². The van der Waals surface area contributed by atoms with Crippen molar-refractivity contribution in [2.24, 2.45) is 0 Å². The smallest absolute Gasteiger partial charge is 0.407 e. The van der Waals surface area contributed by atoms with E-state index in [4.69, 9.17) is 14.6 Å². The van der Waals surface area contributed by atoms with Crippen molar-refractivity contribution in [3.05, 3.63) is 24.3 Å². The number of nitrogens with zero attached hydrogens (tertiary/aromatic N) is 3. The molecule has 0 spiro atoms. The fourth-order valence-electron chi connectivity index (χ4n) is 2.61. The number of anilines is 1. The second kappa shape index (κ2) is 9.34. The van der Waals surface area contributed by atoms with E-state index in [-0.39, 0.29) is 0 Å². The van der Waals surface area contributed by atoms with E-state index in [2.05, 4.69) is 21.9 Å². The molecule has 1 amide bonds. The maximum atomic E-state index is 10.8. The Bertz CT molecular complexity index is 501. The van der Waals surface area contributed by atoms with Crippen LogP contribution < -0.4 is 9.64 Å². The highest BCUT2D eigenvalue weighted by Gasteiger charge is 2.18. The van der Waals surface area contributed by atoms with Crippen molar-refractivity contribution in [3.8, 4) is 5.75 Å². The molecule has 1 aliphatic heterocycles. The highest BCUT2D eigenvalue weighted by molar-refractivity contribution is 5.64. The summed E-state index contributed by atoms with van der Waals surface area (Å²) in [5.74, 6) is 0.853. The van der Waals surface area contributed by atoms with Crippen LogP contribution in [0.2, 0.25) is 0 Å². The van der Waals surface area contributed by atoms with Crippen LogP contribution in [0, 0.1) is 0 Å². The second-order valence-corrected chi connectivity index (χ2v) is 5.87. The van der Waals surface area contributed by atoms with Crippen molar-refractivity contribution >= 4 is 11.8 Å². The summed E-state index contributed by atoms with van der Waals surface area (Å²) in [5.41, 5.74) is 1.19. The zero-order valence-corrected chi connectivity index (χ0v) is 14.5. The normalized spacial score (nSPS) is 15.3. The summed E-state index contributed by atoms with van der Waals surface area (Å²) in [6.07, 6.45) is -0.874. The number of amides is 1. The first-order valence-electron chi connectivity index (χ1n) is 8.23. The average molecular weight is 337 g/mol. The molecule has 134 valence electrons.